The molecule has 8 heteroatoms. The van der Waals surface area contributed by atoms with Gasteiger partial charge in [0, 0.05) is 36.7 Å². The molecule has 2 aliphatic rings. The van der Waals surface area contributed by atoms with Crippen molar-refractivity contribution in [3.63, 3.8) is 0 Å². The fraction of sp³-hybridized carbons (Fsp3) is 0.458. The van der Waals surface area contributed by atoms with Crippen molar-refractivity contribution in [2.24, 2.45) is 5.92 Å². The largest absolute Gasteiger partial charge is 0.444 e. The molecule has 1 saturated carbocycles. The second kappa shape index (κ2) is 7.69. The third-order valence-electron chi connectivity index (χ3n) is 6.18. The van der Waals surface area contributed by atoms with Crippen LogP contribution in [0.1, 0.15) is 51.1 Å². The van der Waals surface area contributed by atoms with Crippen molar-refractivity contribution < 1.29 is 14.3 Å². The Morgan fingerprint density at radius 3 is 2.66 bits per heavy atom. The summed E-state index contributed by atoms with van der Waals surface area (Å²) in [6.07, 6.45) is 8.01. The molecule has 3 heterocycles. The molecule has 1 saturated heterocycles. The second-order valence-electron chi connectivity index (χ2n) is 9.82. The first-order valence-electron chi connectivity index (χ1n) is 11.0. The van der Waals surface area contributed by atoms with Crippen LogP contribution in [0.15, 0.2) is 36.8 Å². The molecule has 1 aliphatic heterocycles. The van der Waals surface area contributed by atoms with Gasteiger partial charge in [-0.25, -0.2) is 9.78 Å². The molecule has 0 radical (unpaired) electrons. The van der Waals surface area contributed by atoms with E-state index in [-0.39, 0.29) is 24.0 Å². The summed E-state index contributed by atoms with van der Waals surface area (Å²) in [7, 11) is 0. The minimum Gasteiger partial charge on any atom is -0.444 e. The van der Waals surface area contributed by atoms with Crippen LogP contribution in [0, 0.1) is 5.92 Å². The number of carbonyl (C=O) groups is 2. The van der Waals surface area contributed by atoms with Crippen LogP contribution in [0.25, 0.3) is 22.3 Å². The summed E-state index contributed by atoms with van der Waals surface area (Å²) in [6.45, 7) is 6.91. The van der Waals surface area contributed by atoms with Gasteiger partial charge in [-0.1, -0.05) is 6.07 Å². The Kier molecular flexibility index (Phi) is 4.95. The molecule has 8 nitrogen and oxygen atoms in total. The number of fused-ring (bicyclic) bond motifs is 1. The first kappa shape index (κ1) is 20.6. The maximum absolute atomic E-state index is 12.2. The Labute approximate surface area is 186 Å². The summed E-state index contributed by atoms with van der Waals surface area (Å²) in [4.78, 5) is 34.2. The van der Waals surface area contributed by atoms with E-state index in [0.29, 0.717) is 13.1 Å². The van der Waals surface area contributed by atoms with Crippen LogP contribution in [0.3, 0.4) is 0 Å². The smallest absolute Gasteiger partial charge is 0.410 e. The van der Waals surface area contributed by atoms with Crippen LogP contribution in [0.5, 0.6) is 0 Å². The fourth-order valence-electron chi connectivity index (χ4n) is 4.21. The van der Waals surface area contributed by atoms with Crippen molar-refractivity contribution in [3.05, 3.63) is 42.4 Å². The predicted octanol–water partition coefficient (Wildman–Crippen LogP) is 3.98. The second-order valence-corrected chi connectivity index (χ2v) is 9.82. The van der Waals surface area contributed by atoms with E-state index >= 15 is 0 Å². The number of aromatic nitrogens is 4. The number of carbonyl (C=O) groups excluding carboxylic acids is 2. The molecule has 166 valence electrons. The summed E-state index contributed by atoms with van der Waals surface area (Å²) >= 11 is 0. The molecule has 0 unspecified atom stereocenters. The summed E-state index contributed by atoms with van der Waals surface area (Å²) < 4.78 is 7.37. The van der Waals surface area contributed by atoms with Gasteiger partial charge in [0.15, 0.2) is 0 Å². The molecular formula is C24H27N5O3. The zero-order valence-corrected chi connectivity index (χ0v) is 18.6. The van der Waals surface area contributed by atoms with E-state index in [4.69, 9.17) is 9.72 Å². The van der Waals surface area contributed by atoms with E-state index in [0.717, 1.165) is 47.0 Å². The number of hydrogen-bond acceptors (Lipinski definition) is 6. The Morgan fingerprint density at radius 1 is 1.16 bits per heavy atom. The topological polar surface area (TPSA) is 90.2 Å². The quantitative estimate of drug-likeness (QED) is 0.578. The number of hydrogen-bond donors (Lipinski definition) is 0. The van der Waals surface area contributed by atoms with Crippen molar-refractivity contribution >= 4 is 23.4 Å². The van der Waals surface area contributed by atoms with Crippen LogP contribution >= 0.6 is 0 Å². The number of likely N-dealkylation sites (tertiary alicyclic amines) is 1. The minimum atomic E-state index is -0.486. The van der Waals surface area contributed by atoms with Gasteiger partial charge in [-0.2, -0.15) is 5.10 Å². The van der Waals surface area contributed by atoms with Crippen molar-refractivity contribution in [1.82, 2.24) is 24.6 Å². The van der Waals surface area contributed by atoms with E-state index in [2.05, 4.69) is 22.2 Å². The average Bonchev–Trinajstić information content (AvgIpc) is 3.13. The fourth-order valence-corrected chi connectivity index (χ4v) is 4.21. The lowest BCUT2D eigenvalue weighted by Gasteiger charge is -2.40. The predicted molar refractivity (Wildman–Crippen MR) is 119 cm³/mol. The van der Waals surface area contributed by atoms with Gasteiger partial charge in [-0.15, -0.1) is 0 Å². The molecule has 5 rings (SSSR count). The van der Waals surface area contributed by atoms with E-state index < -0.39 is 5.60 Å². The number of aldehydes is 1. The first-order chi connectivity index (χ1) is 15.3. The number of rotatable bonds is 4. The summed E-state index contributed by atoms with van der Waals surface area (Å²) in [5.41, 5.74) is 4.01. The van der Waals surface area contributed by atoms with Gasteiger partial charge < -0.3 is 14.4 Å². The molecule has 0 atom stereocenters. The molecule has 0 spiro atoms. The number of nitrogens with zero attached hydrogens (tertiary/aromatic N) is 5. The van der Waals surface area contributed by atoms with Crippen molar-refractivity contribution in [2.45, 2.75) is 51.2 Å². The highest BCUT2D eigenvalue weighted by Gasteiger charge is 2.34. The maximum atomic E-state index is 12.2. The van der Waals surface area contributed by atoms with Gasteiger partial charge in [0.1, 0.15) is 11.9 Å². The maximum Gasteiger partial charge on any atom is 0.410 e. The zero-order valence-electron chi connectivity index (χ0n) is 18.6. The molecule has 0 bridgehead atoms. The Morgan fingerprint density at radius 2 is 1.94 bits per heavy atom. The molecule has 3 aromatic rings. The molecule has 2 aromatic heterocycles. The molecule has 0 N–H and O–H groups in total. The SMILES string of the molecule is CC(C)(C)OC(=O)N1CC(c2ccc3ncc(-c4cnn(C5CC(C=O)C5)c4)nc3c2)C1. The molecule has 1 aliphatic carbocycles. The molecule has 2 fully saturated rings. The minimum absolute atomic E-state index is 0.157. The normalized spacial score (nSPS) is 21.2. The Hall–Kier alpha value is -3.29. The zero-order chi connectivity index (χ0) is 22.5. The lowest BCUT2D eigenvalue weighted by molar-refractivity contribution is -0.114. The van der Waals surface area contributed by atoms with E-state index in [9.17, 15) is 9.59 Å². The van der Waals surface area contributed by atoms with Crippen LogP contribution in [-0.2, 0) is 9.53 Å². The summed E-state index contributed by atoms with van der Waals surface area (Å²) in [5.74, 6) is 0.425. The van der Waals surface area contributed by atoms with Crippen LogP contribution in [-0.4, -0.2) is 55.7 Å². The van der Waals surface area contributed by atoms with Gasteiger partial charge in [-0.3, -0.25) is 9.67 Å². The number of benzene rings is 1. The Bertz CT molecular complexity index is 1170. The molecule has 1 aromatic carbocycles. The van der Waals surface area contributed by atoms with Crippen LogP contribution < -0.4 is 0 Å². The van der Waals surface area contributed by atoms with Crippen LogP contribution in [0.2, 0.25) is 0 Å². The standard InChI is InChI=1S/C24H27N5O3/c1-24(2,3)32-23(31)28-11-18(12-28)16-4-5-20-21(8-16)27-22(10-25-20)17-9-26-29(13-17)19-6-15(7-19)14-30/h4-5,8-10,13-15,18-19H,6-7,11-12H2,1-3H3. The van der Waals surface area contributed by atoms with Gasteiger partial charge in [0.2, 0.25) is 0 Å². The number of ether oxygens (including phenoxy) is 1. The van der Waals surface area contributed by atoms with E-state index in [1.165, 1.54) is 0 Å². The lowest BCUT2D eigenvalue weighted by Crippen LogP contribution is -2.50. The lowest BCUT2D eigenvalue weighted by atomic mass is 9.81. The molecule has 32 heavy (non-hydrogen) atoms. The van der Waals surface area contributed by atoms with Gasteiger partial charge in [0.25, 0.3) is 0 Å². The van der Waals surface area contributed by atoms with Crippen molar-refractivity contribution in [1.29, 1.82) is 0 Å². The van der Waals surface area contributed by atoms with Crippen molar-refractivity contribution in [3.8, 4) is 11.3 Å². The highest BCUT2D eigenvalue weighted by atomic mass is 16.6. The summed E-state index contributed by atoms with van der Waals surface area (Å²) in [6, 6.07) is 6.39. The third-order valence-corrected chi connectivity index (χ3v) is 6.18. The highest BCUT2D eigenvalue weighted by Crippen LogP contribution is 2.36. The average molecular weight is 434 g/mol. The Balaban J connectivity index is 1.30. The van der Waals surface area contributed by atoms with Crippen LogP contribution in [0.4, 0.5) is 4.79 Å². The summed E-state index contributed by atoms with van der Waals surface area (Å²) in [5, 5.41) is 4.47. The highest BCUT2D eigenvalue weighted by molar-refractivity contribution is 5.78. The molecular weight excluding hydrogens is 406 g/mol. The first-order valence-corrected chi connectivity index (χ1v) is 11.0. The van der Waals surface area contributed by atoms with Gasteiger partial charge >= 0.3 is 6.09 Å². The third kappa shape index (κ3) is 3.97. The van der Waals surface area contributed by atoms with Crippen molar-refractivity contribution in [2.75, 3.05) is 13.1 Å². The van der Waals surface area contributed by atoms with E-state index in [1.807, 2.05) is 37.7 Å². The monoisotopic (exact) mass is 433 g/mol. The number of amides is 1. The van der Waals surface area contributed by atoms with Gasteiger partial charge in [0.05, 0.1) is 35.2 Å². The molecule has 1 amide bonds. The van der Waals surface area contributed by atoms with E-state index in [1.54, 1.807) is 17.3 Å². The van der Waals surface area contributed by atoms with Gasteiger partial charge in [-0.05, 0) is 51.3 Å².